The van der Waals surface area contributed by atoms with Gasteiger partial charge >= 0.3 is 0 Å². The van der Waals surface area contributed by atoms with Crippen molar-refractivity contribution in [2.75, 3.05) is 18.5 Å². The van der Waals surface area contributed by atoms with E-state index in [-0.39, 0.29) is 5.82 Å². The molecule has 0 aliphatic heterocycles. The van der Waals surface area contributed by atoms with E-state index in [1.54, 1.807) is 12.1 Å². The lowest BCUT2D eigenvalue weighted by Gasteiger charge is -2.20. The molecule has 3 nitrogen and oxygen atoms in total. The van der Waals surface area contributed by atoms with Gasteiger partial charge in [0.15, 0.2) is 0 Å². The molecule has 0 aliphatic rings. The van der Waals surface area contributed by atoms with E-state index in [9.17, 15) is 4.39 Å². The number of nitrogens with zero attached hydrogens (tertiary/aromatic N) is 2. The van der Waals surface area contributed by atoms with Crippen molar-refractivity contribution in [3.63, 3.8) is 0 Å². The first-order chi connectivity index (χ1) is 10.1. The highest BCUT2D eigenvalue weighted by Crippen LogP contribution is 2.25. The van der Waals surface area contributed by atoms with Gasteiger partial charge < -0.3 is 10.2 Å². The molecule has 4 heteroatoms. The average Bonchev–Trinajstić information content (AvgIpc) is 2.48. The fourth-order valence-electron chi connectivity index (χ4n) is 2.27. The van der Waals surface area contributed by atoms with Gasteiger partial charge in [0.1, 0.15) is 11.6 Å². The van der Waals surface area contributed by atoms with Crippen molar-refractivity contribution < 1.29 is 4.39 Å². The molecule has 112 valence electrons. The van der Waals surface area contributed by atoms with Crippen LogP contribution in [-0.4, -0.2) is 18.6 Å². The van der Waals surface area contributed by atoms with E-state index < -0.39 is 0 Å². The van der Waals surface area contributed by atoms with Gasteiger partial charge in [-0.05, 0) is 61.3 Å². The zero-order chi connectivity index (χ0) is 15.2. The minimum absolute atomic E-state index is 0.228. The van der Waals surface area contributed by atoms with Crippen LogP contribution < -0.4 is 10.2 Å². The van der Waals surface area contributed by atoms with Crippen LogP contribution in [0, 0.1) is 12.7 Å². The van der Waals surface area contributed by atoms with Gasteiger partial charge in [-0.15, -0.1) is 0 Å². The van der Waals surface area contributed by atoms with Crippen molar-refractivity contribution in [3.05, 3.63) is 53.5 Å². The van der Waals surface area contributed by atoms with E-state index in [4.69, 9.17) is 0 Å². The van der Waals surface area contributed by atoms with Crippen LogP contribution in [0.25, 0.3) is 0 Å². The van der Waals surface area contributed by atoms with Crippen molar-refractivity contribution >= 4 is 11.5 Å². The first-order valence-electron chi connectivity index (χ1n) is 7.27. The van der Waals surface area contributed by atoms with Crippen LogP contribution in [0.5, 0.6) is 0 Å². The maximum Gasteiger partial charge on any atom is 0.135 e. The van der Waals surface area contributed by atoms with Crippen LogP contribution in [0.4, 0.5) is 15.9 Å². The van der Waals surface area contributed by atoms with Crippen LogP contribution in [0.1, 0.15) is 24.5 Å². The molecule has 21 heavy (non-hydrogen) atoms. The van der Waals surface area contributed by atoms with Crippen molar-refractivity contribution in [3.8, 4) is 0 Å². The molecular weight excluding hydrogens is 265 g/mol. The Bertz CT molecular complexity index is 581. The summed E-state index contributed by atoms with van der Waals surface area (Å²) >= 11 is 0. The number of anilines is 2. The molecule has 0 radical (unpaired) electrons. The predicted octanol–water partition coefficient (Wildman–Crippen LogP) is 3.80. The molecule has 0 atom stereocenters. The highest BCUT2D eigenvalue weighted by Gasteiger charge is 2.09. The summed E-state index contributed by atoms with van der Waals surface area (Å²) in [6, 6.07) is 8.58. The summed E-state index contributed by atoms with van der Waals surface area (Å²) in [4.78, 5) is 6.52. The van der Waals surface area contributed by atoms with Crippen molar-refractivity contribution in [1.29, 1.82) is 0 Å². The summed E-state index contributed by atoms with van der Waals surface area (Å²) in [5.74, 6) is 0.662. The number of nitrogens with one attached hydrogen (secondary N) is 1. The molecule has 0 bridgehead atoms. The largest absolute Gasteiger partial charge is 0.329 e. The van der Waals surface area contributed by atoms with Crippen molar-refractivity contribution in [2.24, 2.45) is 0 Å². The maximum atomic E-state index is 13.0. The molecule has 0 unspecified atom stereocenters. The third-order valence-corrected chi connectivity index (χ3v) is 3.39. The monoisotopic (exact) mass is 287 g/mol. The van der Waals surface area contributed by atoms with Crippen LogP contribution in [0.2, 0.25) is 0 Å². The Morgan fingerprint density at radius 1 is 1.24 bits per heavy atom. The summed E-state index contributed by atoms with van der Waals surface area (Å²) in [6.07, 6.45) is 3.02. The molecule has 0 saturated carbocycles. The molecule has 0 amide bonds. The standard InChI is InChI=1S/C17H22FN3/c1-4-9-19-11-14-10-13(2)17(20-12-14)21(3)16-7-5-15(18)6-8-16/h5-8,10,12,19H,4,9,11H2,1-3H3. The van der Waals surface area contributed by atoms with Gasteiger partial charge in [-0.2, -0.15) is 0 Å². The Morgan fingerprint density at radius 2 is 1.95 bits per heavy atom. The van der Waals surface area contributed by atoms with E-state index in [1.807, 2.05) is 25.1 Å². The number of pyridine rings is 1. The first-order valence-corrected chi connectivity index (χ1v) is 7.27. The Labute approximate surface area is 125 Å². The number of aryl methyl sites for hydroxylation is 1. The Hall–Kier alpha value is -1.94. The van der Waals surface area contributed by atoms with Gasteiger partial charge in [-0.3, -0.25) is 0 Å². The van der Waals surface area contributed by atoms with Gasteiger partial charge in [0, 0.05) is 25.5 Å². The second-order valence-corrected chi connectivity index (χ2v) is 5.20. The number of benzene rings is 1. The molecule has 1 N–H and O–H groups in total. The SMILES string of the molecule is CCCNCc1cnc(N(C)c2ccc(F)cc2)c(C)c1. The zero-order valence-corrected chi connectivity index (χ0v) is 12.9. The molecule has 2 aromatic rings. The minimum Gasteiger partial charge on any atom is -0.329 e. The average molecular weight is 287 g/mol. The molecule has 1 aromatic heterocycles. The van der Waals surface area contributed by atoms with Crippen molar-refractivity contribution in [1.82, 2.24) is 10.3 Å². The van der Waals surface area contributed by atoms with Gasteiger partial charge in [0.25, 0.3) is 0 Å². The lowest BCUT2D eigenvalue weighted by molar-refractivity contribution is 0.628. The summed E-state index contributed by atoms with van der Waals surface area (Å²) in [6.45, 7) is 6.04. The molecule has 1 heterocycles. The summed E-state index contributed by atoms with van der Waals surface area (Å²) < 4.78 is 13.0. The fraction of sp³-hybridized carbons (Fsp3) is 0.353. The quantitative estimate of drug-likeness (QED) is 0.819. The second kappa shape index (κ2) is 7.18. The Morgan fingerprint density at radius 3 is 2.57 bits per heavy atom. The Kier molecular flexibility index (Phi) is 5.28. The highest BCUT2D eigenvalue weighted by atomic mass is 19.1. The summed E-state index contributed by atoms with van der Waals surface area (Å²) in [5.41, 5.74) is 3.21. The highest BCUT2D eigenvalue weighted by molar-refractivity contribution is 5.61. The lowest BCUT2D eigenvalue weighted by Crippen LogP contribution is -2.16. The lowest BCUT2D eigenvalue weighted by atomic mass is 10.2. The third kappa shape index (κ3) is 4.02. The third-order valence-electron chi connectivity index (χ3n) is 3.39. The smallest absolute Gasteiger partial charge is 0.135 e. The van der Waals surface area contributed by atoms with E-state index in [0.717, 1.165) is 36.6 Å². The van der Waals surface area contributed by atoms with Crippen LogP contribution >= 0.6 is 0 Å². The van der Waals surface area contributed by atoms with Gasteiger partial charge in [0.05, 0.1) is 0 Å². The number of aromatic nitrogens is 1. The summed E-state index contributed by atoms with van der Waals surface area (Å²) in [5, 5.41) is 3.37. The molecule has 0 saturated heterocycles. The molecular formula is C17H22FN3. The predicted molar refractivity (Wildman–Crippen MR) is 85.4 cm³/mol. The Balaban J connectivity index is 2.14. The van der Waals surface area contributed by atoms with Gasteiger partial charge in [0.2, 0.25) is 0 Å². The number of hydrogen-bond acceptors (Lipinski definition) is 3. The van der Waals surface area contributed by atoms with Gasteiger partial charge in [-0.1, -0.05) is 6.92 Å². The molecule has 0 spiro atoms. The zero-order valence-electron chi connectivity index (χ0n) is 12.9. The van der Waals surface area contributed by atoms with Crippen LogP contribution in [0.3, 0.4) is 0 Å². The molecule has 0 fully saturated rings. The molecule has 0 aliphatic carbocycles. The molecule has 1 aromatic carbocycles. The number of halogens is 1. The normalized spacial score (nSPS) is 10.7. The van der Waals surface area contributed by atoms with Crippen LogP contribution in [-0.2, 0) is 6.54 Å². The molecule has 2 rings (SSSR count). The minimum atomic E-state index is -0.228. The fourth-order valence-corrected chi connectivity index (χ4v) is 2.27. The van der Waals surface area contributed by atoms with Crippen LogP contribution in [0.15, 0.2) is 36.5 Å². The topological polar surface area (TPSA) is 28.2 Å². The maximum absolute atomic E-state index is 13.0. The summed E-state index contributed by atoms with van der Waals surface area (Å²) in [7, 11) is 1.94. The van der Waals surface area contributed by atoms with Gasteiger partial charge in [-0.25, -0.2) is 9.37 Å². The number of rotatable bonds is 6. The van der Waals surface area contributed by atoms with Crippen molar-refractivity contribution in [2.45, 2.75) is 26.8 Å². The second-order valence-electron chi connectivity index (χ2n) is 5.20. The van der Waals surface area contributed by atoms with E-state index in [0.29, 0.717) is 0 Å². The number of hydrogen-bond donors (Lipinski definition) is 1. The van der Waals surface area contributed by atoms with E-state index in [2.05, 4.69) is 23.3 Å². The van der Waals surface area contributed by atoms with E-state index >= 15 is 0 Å². The van der Waals surface area contributed by atoms with E-state index in [1.165, 1.54) is 17.7 Å². The first kappa shape index (κ1) is 15.4.